The highest BCUT2D eigenvalue weighted by Gasteiger charge is 2.36. The van der Waals surface area contributed by atoms with Crippen molar-refractivity contribution in [3.05, 3.63) is 0 Å². The first-order valence-electron chi connectivity index (χ1n) is 7.56. The van der Waals surface area contributed by atoms with Gasteiger partial charge in [-0.05, 0) is 44.8 Å². The van der Waals surface area contributed by atoms with Crippen molar-refractivity contribution in [1.29, 1.82) is 0 Å². The minimum atomic E-state index is -0.804. The summed E-state index contributed by atoms with van der Waals surface area (Å²) in [6.07, 6.45) is 3.53. The van der Waals surface area contributed by atoms with E-state index in [0.717, 1.165) is 13.0 Å². The van der Waals surface area contributed by atoms with Crippen LogP contribution in [0, 0.1) is 11.8 Å². The van der Waals surface area contributed by atoms with Crippen LogP contribution in [0.4, 0.5) is 4.79 Å². The zero-order chi connectivity index (χ0) is 14.5. The molecule has 2 heterocycles. The van der Waals surface area contributed by atoms with Gasteiger partial charge in [-0.1, -0.05) is 6.92 Å². The highest BCUT2D eigenvalue weighted by molar-refractivity contribution is 5.77. The molecular weight excluding hydrogens is 258 g/mol. The maximum Gasteiger partial charge on any atom is 0.317 e. The molecule has 2 atom stereocenters. The molecule has 0 aromatic heterocycles. The Balaban J connectivity index is 1.63. The molecule has 0 spiro atoms. The number of likely N-dealkylation sites (tertiary alicyclic amines) is 2. The van der Waals surface area contributed by atoms with Crippen molar-refractivity contribution < 1.29 is 14.7 Å². The zero-order valence-corrected chi connectivity index (χ0v) is 12.2. The lowest BCUT2D eigenvalue weighted by Gasteiger charge is -2.18. The van der Waals surface area contributed by atoms with Crippen LogP contribution in [0.2, 0.25) is 0 Å². The predicted octanol–water partition coefficient (Wildman–Crippen LogP) is 0.834. The molecule has 0 bridgehead atoms. The third-order valence-corrected chi connectivity index (χ3v) is 4.34. The molecular formula is C14H25N3O3. The SMILES string of the molecule is C[C@@H]1CN(C(=O)NCCCN2CCCC2)C[C@H]1C(=O)O. The topological polar surface area (TPSA) is 72.9 Å². The smallest absolute Gasteiger partial charge is 0.317 e. The van der Waals surface area contributed by atoms with E-state index in [-0.39, 0.29) is 11.9 Å². The van der Waals surface area contributed by atoms with Crippen LogP contribution in [0.1, 0.15) is 26.2 Å². The highest BCUT2D eigenvalue weighted by atomic mass is 16.4. The molecule has 6 heteroatoms. The molecule has 2 saturated heterocycles. The fourth-order valence-electron chi connectivity index (χ4n) is 3.07. The molecule has 2 aliphatic heterocycles. The van der Waals surface area contributed by atoms with E-state index in [9.17, 15) is 9.59 Å². The molecule has 0 unspecified atom stereocenters. The van der Waals surface area contributed by atoms with E-state index in [4.69, 9.17) is 5.11 Å². The normalized spacial score (nSPS) is 26.9. The largest absolute Gasteiger partial charge is 0.481 e. The van der Waals surface area contributed by atoms with Gasteiger partial charge in [0.1, 0.15) is 0 Å². The van der Waals surface area contributed by atoms with Crippen molar-refractivity contribution in [2.75, 3.05) is 39.3 Å². The standard InChI is InChI=1S/C14H25N3O3/c1-11-9-17(10-12(11)13(18)19)14(20)15-5-4-8-16-6-2-3-7-16/h11-12H,2-10H2,1H3,(H,15,20)(H,18,19)/t11-,12-/m1/s1. The van der Waals surface area contributed by atoms with Crippen LogP contribution >= 0.6 is 0 Å². The average molecular weight is 283 g/mol. The summed E-state index contributed by atoms with van der Waals surface area (Å²) in [5, 5.41) is 12.0. The molecule has 0 aromatic rings. The fraction of sp³-hybridized carbons (Fsp3) is 0.857. The van der Waals surface area contributed by atoms with Gasteiger partial charge in [0.25, 0.3) is 0 Å². The second-order valence-electron chi connectivity index (χ2n) is 5.96. The number of carboxylic acids is 1. The van der Waals surface area contributed by atoms with Gasteiger partial charge in [0, 0.05) is 19.6 Å². The van der Waals surface area contributed by atoms with Gasteiger partial charge in [-0.3, -0.25) is 4.79 Å². The Morgan fingerprint density at radius 2 is 1.95 bits per heavy atom. The van der Waals surface area contributed by atoms with Crippen LogP contribution in [0.3, 0.4) is 0 Å². The van der Waals surface area contributed by atoms with Crippen LogP contribution in [-0.2, 0) is 4.79 Å². The Morgan fingerprint density at radius 3 is 2.55 bits per heavy atom. The van der Waals surface area contributed by atoms with E-state index < -0.39 is 11.9 Å². The molecule has 2 fully saturated rings. The Morgan fingerprint density at radius 1 is 1.25 bits per heavy atom. The van der Waals surface area contributed by atoms with E-state index >= 15 is 0 Å². The zero-order valence-electron chi connectivity index (χ0n) is 12.2. The summed E-state index contributed by atoms with van der Waals surface area (Å²) in [4.78, 5) is 27.0. The summed E-state index contributed by atoms with van der Waals surface area (Å²) in [5.41, 5.74) is 0. The van der Waals surface area contributed by atoms with Gasteiger partial charge in [0.05, 0.1) is 5.92 Å². The van der Waals surface area contributed by atoms with Crippen molar-refractivity contribution in [3.63, 3.8) is 0 Å². The summed E-state index contributed by atoms with van der Waals surface area (Å²) >= 11 is 0. The summed E-state index contributed by atoms with van der Waals surface area (Å²) < 4.78 is 0. The van der Waals surface area contributed by atoms with Crippen molar-refractivity contribution in [2.45, 2.75) is 26.2 Å². The van der Waals surface area contributed by atoms with Crippen molar-refractivity contribution in [3.8, 4) is 0 Å². The second kappa shape index (κ2) is 6.92. The number of carboxylic acid groups (broad SMARTS) is 1. The van der Waals surface area contributed by atoms with Gasteiger partial charge in [-0.2, -0.15) is 0 Å². The molecule has 0 radical (unpaired) electrons. The van der Waals surface area contributed by atoms with Crippen LogP contribution in [0.25, 0.3) is 0 Å². The molecule has 2 amide bonds. The lowest BCUT2D eigenvalue weighted by atomic mass is 9.99. The maximum absolute atomic E-state index is 12.0. The number of urea groups is 1. The summed E-state index contributed by atoms with van der Waals surface area (Å²) in [6.45, 7) is 6.81. The van der Waals surface area contributed by atoms with Crippen LogP contribution in [-0.4, -0.2) is 66.2 Å². The van der Waals surface area contributed by atoms with Crippen molar-refractivity contribution in [2.24, 2.45) is 11.8 Å². The highest BCUT2D eigenvalue weighted by Crippen LogP contribution is 2.22. The van der Waals surface area contributed by atoms with Gasteiger partial charge in [0.2, 0.25) is 0 Å². The van der Waals surface area contributed by atoms with E-state index in [1.807, 2.05) is 6.92 Å². The number of hydrogen-bond acceptors (Lipinski definition) is 3. The molecule has 2 aliphatic rings. The third kappa shape index (κ3) is 3.85. The molecule has 0 aliphatic carbocycles. The van der Waals surface area contributed by atoms with Gasteiger partial charge in [0.15, 0.2) is 0 Å². The number of aliphatic carboxylic acids is 1. The van der Waals surface area contributed by atoms with Gasteiger partial charge < -0.3 is 20.2 Å². The fourth-order valence-corrected chi connectivity index (χ4v) is 3.07. The number of carbonyl (C=O) groups is 2. The number of amides is 2. The lowest BCUT2D eigenvalue weighted by molar-refractivity contribution is -0.142. The Bertz CT molecular complexity index is 356. The first-order chi connectivity index (χ1) is 9.58. The van der Waals surface area contributed by atoms with Crippen molar-refractivity contribution >= 4 is 12.0 Å². The second-order valence-corrected chi connectivity index (χ2v) is 5.96. The van der Waals surface area contributed by atoms with Gasteiger partial charge >= 0.3 is 12.0 Å². The number of nitrogens with zero attached hydrogens (tertiary/aromatic N) is 2. The summed E-state index contributed by atoms with van der Waals surface area (Å²) in [5.74, 6) is -1.20. The molecule has 20 heavy (non-hydrogen) atoms. The first kappa shape index (κ1) is 15.1. The number of rotatable bonds is 5. The molecule has 6 nitrogen and oxygen atoms in total. The predicted molar refractivity (Wildman–Crippen MR) is 75.6 cm³/mol. The summed E-state index contributed by atoms with van der Waals surface area (Å²) in [7, 11) is 0. The Kier molecular flexibility index (Phi) is 5.23. The molecule has 2 rings (SSSR count). The number of hydrogen-bond donors (Lipinski definition) is 2. The minimum absolute atomic E-state index is 0.0304. The molecule has 2 N–H and O–H groups in total. The van der Waals surface area contributed by atoms with Gasteiger partial charge in [-0.15, -0.1) is 0 Å². The van der Waals surface area contributed by atoms with Gasteiger partial charge in [-0.25, -0.2) is 4.79 Å². The maximum atomic E-state index is 12.0. The molecule has 0 saturated carbocycles. The number of nitrogens with one attached hydrogen (secondary N) is 1. The Hall–Kier alpha value is -1.30. The van der Waals surface area contributed by atoms with Crippen molar-refractivity contribution in [1.82, 2.24) is 15.1 Å². The van der Waals surface area contributed by atoms with Crippen LogP contribution < -0.4 is 5.32 Å². The van der Waals surface area contributed by atoms with E-state index in [2.05, 4.69) is 10.2 Å². The monoisotopic (exact) mass is 283 g/mol. The van der Waals surface area contributed by atoms with E-state index in [1.54, 1.807) is 4.90 Å². The lowest BCUT2D eigenvalue weighted by Crippen LogP contribution is -2.40. The quantitative estimate of drug-likeness (QED) is 0.733. The third-order valence-electron chi connectivity index (χ3n) is 4.34. The Labute approximate surface area is 120 Å². The summed E-state index contributed by atoms with van der Waals surface area (Å²) in [6, 6.07) is -0.123. The average Bonchev–Trinajstić information content (AvgIpc) is 3.03. The van der Waals surface area contributed by atoms with Crippen LogP contribution in [0.5, 0.6) is 0 Å². The number of carbonyl (C=O) groups excluding carboxylic acids is 1. The van der Waals surface area contributed by atoms with E-state index in [0.29, 0.717) is 19.6 Å². The first-order valence-corrected chi connectivity index (χ1v) is 7.56. The minimum Gasteiger partial charge on any atom is -0.481 e. The molecule has 0 aromatic carbocycles. The van der Waals surface area contributed by atoms with Crippen LogP contribution in [0.15, 0.2) is 0 Å². The molecule has 114 valence electrons. The van der Waals surface area contributed by atoms with E-state index in [1.165, 1.54) is 25.9 Å².